The van der Waals surface area contributed by atoms with Gasteiger partial charge in [-0.1, -0.05) is 42.5 Å². The Morgan fingerprint density at radius 1 is 0.941 bits per heavy atom. The van der Waals surface area contributed by atoms with Crippen molar-refractivity contribution < 1.29 is 4.74 Å². The van der Waals surface area contributed by atoms with Crippen LogP contribution in [0.2, 0.25) is 0 Å². The minimum Gasteiger partial charge on any atom is -0.495 e. The number of pyridine rings is 1. The first kappa shape index (κ1) is 25.6. The predicted octanol–water partition coefficient (Wildman–Crippen LogP) is 3.42. The van der Waals surface area contributed by atoms with Crippen LogP contribution in [0.5, 0.6) is 5.75 Å². The van der Waals surface area contributed by atoms with E-state index < -0.39 is 0 Å². The number of hydrogen-bond donors (Lipinski definition) is 1. The summed E-state index contributed by atoms with van der Waals surface area (Å²) in [7, 11) is 3.55. The number of nitrogens with one attached hydrogen (secondary N) is 1. The molecular weight excluding hydrogens is 541 g/mol. The van der Waals surface area contributed by atoms with Crippen molar-refractivity contribution in [2.75, 3.05) is 45.2 Å². The van der Waals surface area contributed by atoms with Gasteiger partial charge < -0.3 is 24.4 Å². The van der Waals surface area contributed by atoms with Crippen molar-refractivity contribution in [2.45, 2.75) is 13.1 Å². The SMILES string of the molecule is CN=C(NCc1ccc(Cn2ccccc2=O)cc1)N1CCN(c2ccccc2OC)CC1.I. The number of aliphatic imine (C=N–C) groups is 1. The van der Waals surface area contributed by atoms with Gasteiger partial charge >= 0.3 is 0 Å². The summed E-state index contributed by atoms with van der Waals surface area (Å²) in [6.45, 7) is 4.88. The quantitative estimate of drug-likeness (QED) is 0.278. The van der Waals surface area contributed by atoms with Crippen LogP contribution in [0.1, 0.15) is 11.1 Å². The van der Waals surface area contributed by atoms with Crippen LogP contribution in [-0.4, -0.2) is 55.8 Å². The summed E-state index contributed by atoms with van der Waals surface area (Å²) in [6.07, 6.45) is 1.81. The third-order valence-electron chi connectivity index (χ3n) is 5.94. The first-order valence-electron chi connectivity index (χ1n) is 11.2. The van der Waals surface area contributed by atoms with Crippen molar-refractivity contribution in [3.05, 3.63) is 94.4 Å². The summed E-state index contributed by atoms with van der Waals surface area (Å²) in [5.74, 6) is 1.82. The van der Waals surface area contributed by atoms with Crippen LogP contribution in [-0.2, 0) is 13.1 Å². The number of nitrogens with zero attached hydrogens (tertiary/aromatic N) is 4. The Morgan fingerprint density at radius 3 is 2.29 bits per heavy atom. The lowest BCUT2D eigenvalue weighted by molar-refractivity contribution is 0.367. The van der Waals surface area contributed by atoms with Crippen molar-refractivity contribution in [2.24, 2.45) is 4.99 Å². The van der Waals surface area contributed by atoms with E-state index >= 15 is 0 Å². The van der Waals surface area contributed by atoms with Crippen molar-refractivity contribution in [3.63, 3.8) is 0 Å². The van der Waals surface area contributed by atoms with Crippen LogP contribution in [0.4, 0.5) is 5.69 Å². The fourth-order valence-electron chi connectivity index (χ4n) is 4.11. The van der Waals surface area contributed by atoms with Gasteiger partial charge in [0.2, 0.25) is 0 Å². The molecule has 180 valence electrons. The lowest BCUT2D eigenvalue weighted by Gasteiger charge is -2.38. The molecule has 1 fully saturated rings. The number of rotatable bonds is 6. The third kappa shape index (κ3) is 6.31. The standard InChI is InChI=1S/C26H31N5O2.HI/c1-27-26(30-17-15-29(16-18-30)23-7-3-4-8-24(23)33-2)28-19-21-10-12-22(13-11-21)20-31-14-6-5-9-25(31)32;/h3-14H,15-20H2,1-2H3,(H,27,28);1H. The first-order chi connectivity index (χ1) is 16.2. The number of methoxy groups -OCH3 is 1. The second kappa shape index (κ2) is 12.5. The molecule has 1 saturated heterocycles. The van der Waals surface area contributed by atoms with E-state index in [1.807, 2.05) is 37.5 Å². The van der Waals surface area contributed by atoms with Gasteiger partial charge in [-0.3, -0.25) is 9.79 Å². The van der Waals surface area contributed by atoms with Gasteiger partial charge in [-0.05, 0) is 29.3 Å². The molecule has 0 spiro atoms. The third-order valence-corrected chi connectivity index (χ3v) is 5.94. The highest BCUT2D eigenvalue weighted by atomic mass is 127. The average molecular weight is 573 g/mol. The van der Waals surface area contributed by atoms with E-state index in [9.17, 15) is 4.79 Å². The fourth-order valence-corrected chi connectivity index (χ4v) is 4.11. The van der Waals surface area contributed by atoms with Crippen LogP contribution in [0.25, 0.3) is 0 Å². The van der Waals surface area contributed by atoms with Crippen LogP contribution < -0.4 is 20.5 Å². The van der Waals surface area contributed by atoms with Crippen molar-refractivity contribution in [3.8, 4) is 5.75 Å². The van der Waals surface area contributed by atoms with Crippen LogP contribution in [0.15, 0.2) is 82.7 Å². The van der Waals surface area contributed by atoms with Crippen LogP contribution >= 0.6 is 24.0 Å². The number of para-hydroxylation sites is 2. The first-order valence-corrected chi connectivity index (χ1v) is 11.2. The zero-order chi connectivity index (χ0) is 23.0. The van der Waals surface area contributed by atoms with E-state index in [2.05, 4.69) is 50.4 Å². The molecule has 4 rings (SSSR count). The molecule has 1 aromatic heterocycles. The Hall–Kier alpha value is -3.01. The molecule has 1 aliphatic rings. The second-order valence-corrected chi connectivity index (χ2v) is 8.03. The molecule has 0 amide bonds. The van der Waals surface area contributed by atoms with Crippen molar-refractivity contribution in [1.82, 2.24) is 14.8 Å². The lowest BCUT2D eigenvalue weighted by Crippen LogP contribution is -2.52. The number of benzene rings is 2. The minimum absolute atomic E-state index is 0. The van der Waals surface area contributed by atoms with Gasteiger partial charge in [0.15, 0.2) is 5.96 Å². The van der Waals surface area contributed by atoms with Gasteiger partial charge in [-0.15, -0.1) is 24.0 Å². The summed E-state index contributed by atoms with van der Waals surface area (Å²) in [6, 6.07) is 21.7. The monoisotopic (exact) mass is 573 g/mol. The summed E-state index contributed by atoms with van der Waals surface area (Å²) < 4.78 is 7.23. The van der Waals surface area contributed by atoms with E-state index in [4.69, 9.17) is 4.74 Å². The van der Waals surface area contributed by atoms with Gasteiger partial charge in [0, 0.05) is 52.0 Å². The van der Waals surface area contributed by atoms with Crippen molar-refractivity contribution in [1.29, 1.82) is 0 Å². The second-order valence-electron chi connectivity index (χ2n) is 8.03. The molecule has 0 unspecified atom stereocenters. The molecule has 0 aliphatic carbocycles. The summed E-state index contributed by atoms with van der Waals surface area (Å²) in [5.41, 5.74) is 3.43. The Kier molecular flexibility index (Phi) is 9.38. The summed E-state index contributed by atoms with van der Waals surface area (Å²) in [4.78, 5) is 21.1. The molecule has 0 saturated carbocycles. The number of hydrogen-bond acceptors (Lipinski definition) is 4. The number of anilines is 1. The van der Waals surface area contributed by atoms with Crippen LogP contribution in [0.3, 0.4) is 0 Å². The minimum atomic E-state index is 0. The lowest BCUT2D eigenvalue weighted by atomic mass is 10.1. The maximum atomic E-state index is 11.9. The van der Waals surface area contributed by atoms with E-state index in [0.29, 0.717) is 13.1 Å². The number of ether oxygens (including phenoxy) is 1. The predicted molar refractivity (Wildman–Crippen MR) is 149 cm³/mol. The molecule has 3 aromatic rings. The molecule has 34 heavy (non-hydrogen) atoms. The maximum absolute atomic E-state index is 11.9. The Morgan fingerprint density at radius 2 is 1.62 bits per heavy atom. The Balaban J connectivity index is 0.00000324. The number of guanidine groups is 1. The van der Waals surface area contributed by atoms with Crippen LogP contribution in [0, 0.1) is 0 Å². The average Bonchev–Trinajstić information content (AvgIpc) is 2.87. The number of aromatic nitrogens is 1. The number of halogens is 1. The van der Waals surface area contributed by atoms with Gasteiger partial charge in [0.05, 0.1) is 19.3 Å². The molecule has 0 radical (unpaired) electrons. The molecule has 7 nitrogen and oxygen atoms in total. The summed E-state index contributed by atoms with van der Waals surface area (Å²) >= 11 is 0. The Bertz CT molecular complexity index is 1140. The largest absolute Gasteiger partial charge is 0.495 e. The molecule has 0 bridgehead atoms. The number of piperazine rings is 1. The van der Waals surface area contributed by atoms with Crippen molar-refractivity contribution >= 4 is 35.6 Å². The molecule has 8 heteroatoms. The molecule has 1 N–H and O–H groups in total. The molecule has 1 aliphatic heterocycles. The molecule has 2 heterocycles. The Labute approximate surface area is 218 Å². The zero-order valence-electron chi connectivity index (χ0n) is 19.7. The highest BCUT2D eigenvalue weighted by Gasteiger charge is 2.21. The van der Waals surface area contributed by atoms with Gasteiger partial charge in [-0.25, -0.2) is 0 Å². The molecule has 2 aromatic carbocycles. The fraction of sp³-hybridized carbons (Fsp3) is 0.308. The maximum Gasteiger partial charge on any atom is 0.250 e. The van der Waals surface area contributed by atoms with Gasteiger partial charge in [0.1, 0.15) is 5.75 Å². The van der Waals surface area contributed by atoms with E-state index in [0.717, 1.165) is 49.1 Å². The molecular formula is C26H32IN5O2. The topological polar surface area (TPSA) is 62.1 Å². The van der Waals surface area contributed by atoms with E-state index in [-0.39, 0.29) is 29.5 Å². The summed E-state index contributed by atoms with van der Waals surface area (Å²) in [5, 5.41) is 3.49. The normalized spacial score (nSPS) is 13.9. The highest BCUT2D eigenvalue weighted by molar-refractivity contribution is 14.0. The van der Waals surface area contributed by atoms with E-state index in [1.54, 1.807) is 23.8 Å². The van der Waals surface area contributed by atoms with Gasteiger partial charge in [-0.2, -0.15) is 0 Å². The van der Waals surface area contributed by atoms with E-state index in [1.165, 1.54) is 5.56 Å². The van der Waals surface area contributed by atoms with Gasteiger partial charge in [0.25, 0.3) is 5.56 Å². The highest BCUT2D eigenvalue weighted by Crippen LogP contribution is 2.28. The zero-order valence-corrected chi connectivity index (χ0v) is 22.0. The smallest absolute Gasteiger partial charge is 0.250 e. The molecule has 0 atom stereocenters.